The summed E-state index contributed by atoms with van der Waals surface area (Å²) in [5.74, 6) is 0.662. The van der Waals surface area contributed by atoms with E-state index in [1.165, 1.54) is 5.56 Å². The van der Waals surface area contributed by atoms with Crippen molar-refractivity contribution in [3.8, 4) is 5.75 Å². The number of hydrogen-bond donors (Lipinski definition) is 1. The second kappa shape index (κ2) is 5.32. The predicted octanol–water partition coefficient (Wildman–Crippen LogP) is 2.21. The lowest BCUT2D eigenvalue weighted by Crippen LogP contribution is -2.33. The molecule has 0 bridgehead atoms. The molecule has 17 heavy (non-hydrogen) atoms. The van der Waals surface area contributed by atoms with Crippen molar-refractivity contribution in [3.05, 3.63) is 29.3 Å². The van der Waals surface area contributed by atoms with Gasteiger partial charge in [0.05, 0.1) is 5.92 Å². The summed E-state index contributed by atoms with van der Waals surface area (Å²) in [5, 5.41) is 3.24. The van der Waals surface area contributed by atoms with E-state index in [1.54, 1.807) is 0 Å². The number of aryl methyl sites for hydroxylation is 2. The molecule has 1 saturated heterocycles. The molecule has 3 nitrogen and oxygen atoms in total. The third kappa shape index (κ3) is 3.07. The van der Waals surface area contributed by atoms with Crippen molar-refractivity contribution in [2.24, 2.45) is 5.92 Å². The summed E-state index contributed by atoms with van der Waals surface area (Å²) in [6.07, 6.45) is 1.76. The van der Waals surface area contributed by atoms with Crippen LogP contribution in [-0.2, 0) is 4.79 Å². The molecule has 1 heterocycles. The number of hydrogen-bond acceptors (Lipinski definition) is 3. The topological polar surface area (TPSA) is 38.3 Å². The highest BCUT2D eigenvalue weighted by Crippen LogP contribution is 2.22. The van der Waals surface area contributed by atoms with Crippen LogP contribution in [0.1, 0.15) is 24.0 Å². The third-order valence-corrected chi connectivity index (χ3v) is 3.21. The Labute approximate surface area is 102 Å². The van der Waals surface area contributed by atoms with Crippen LogP contribution in [0, 0.1) is 19.8 Å². The standard InChI is InChI=1S/C14H19NO2/c1-10-3-4-13(11(2)9-10)17-14(16)12-5-7-15-8-6-12/h3-4,9,12,15H,5-8H2,1-2H3. The number of nitrogens with one attached hydrogen (secondary N) is 1. The van der Waals surface area contributed by atoms with Gasteiger partial charge in [0.2, 0.25) is 0 Å². The van der Waals surface area contributed by atoms with Crippen LogP contribution in [0.25, 0.3) is 0 Å². The maximum Gasteiger partial charge on any atom is 0.314 e. The van der Waals surface area contributed by atoms with Gasteiger partial charge in [0.25, 0.3) is 0 Å². The summed E-state index contributed by atoms with van der Waals surface area (Å²) in [7, 11) is 0. The molecule has 3 heteroatoms. The molecule has 1 N–H and O–H groups in total. The zero-order valence-corrected chi connectivity index (χ0v) is 10.5. The zero-order valence-electron chi connectivity index (χ0n) is 10.5. The van der Waals surface area contributed by atoms with E-state index in [0.717, 1.165) is 31.5 Å². The minimum Gasteiger partial charge on any atom is -0.426 e. The van der Waals surface area contributed by atoms with Gasteiger partial charge in [-0.25, -0.2) is 0 Å². The highest BCUT2D eigenvalue weighted by Gasteiger charge is 2.23. The van der Waals surface area contributed by atoms with Crippen LogP contribution in [0.5, 0.6) is 5.75 Å². The summed E-state index contributed by atoms with van der Waals surface area (Å²) in [5.41, 5.74) is 2.21. The van der Waals surface area contributed by atoms with Gasteiger partial charge < -0.3 is 10.1 Å². The highest BCUT2D eigenvalue weighted by atomic mass is 16.5. The van der Waals surface area contributed by atoms with E-state index in [9.17, 15) is 4.79 Å². The smallest absolute Gasteiger partial charge is 0.314 e. The first kappa shape index (κ1) is 12.1. The predicted molar refractivity (Wildman–Crippen MR) is 67.1 cm³/mol. The largest absolute Gasteiger partial charge is 0.426 e. The van der Waals surface area contributed by atoms with E-state index < -0.39 is 0 Å². The van der Waals surface area contributed by atoms with Gasteiger partial charge in [0, 0.05) is 0 Å². The lowest BCUT2D eigenvalue weighted by Gasteiger charge is -2.21. The summed E-state index contributed by atoms with van der Waals surface area (Å²) in [6, 6.07) is 5.88. The molecule has 0 amide bonds. The van der Waals surface area contributed by atoms with Crippen molar-refractivity contribution in [1.82, 2.24) is 5.32 Å². The molecule has 92 valence electrons. The van der Waals surface area contributed by atoms with Crippen LogP contribution in [-0.4, -0.2) is 19.1 Å². The van der Waals surface area contributed by atoms with Crippen LogP contribution in [0.4, 0.5) is 0 Å². The molecule has 0 saturated carbocycles. The lowest BCUT2D eigenvalue weighted by atomic mass is 9.98. The maximum absolute atomic E-state index is 12.0. The Balaban J connectivity index is 2.02. The molecule has 0 spiro atoms. The van der Waals surface area contributed by atoms with Gasteiger partial charge in [0.15, 0.2) is 0 Å². The van der Waals surface area contributed by atoms with Crippen molar-refractivity contribution in [3.63, 3.8) is 0 Å². The van der Waals surface area contributed by atoms with E-state index in [-0.39, 0.29) is 11.9 Å². The molecular formula is C14H19NO2. The molecule has 1 aromatic rings. The lowest BCUT2D eigenvalue weighted by molar-refractivity contribution is -0.139. The van der Waals surface area contributed by atoms with Crippen molar-refractivity contribution < 1.29 is 9.53 Å². The third-order valence-electron chi connectivity index (χ3n) is 3.21. The number of benzene rings is 1. The van der Waals surface area contributed by atoms with Gasteiger partial charge in [-0.15, -0.1) is 0 Å². The maximum atomic E-state index is 12.0. The molecular weight excluding hydrogens is 214 g/mol. The fourth-order valence-electron chi connectivity index (χ4n) is 2.16. The van der Waals surface area contributed by atoms with E-state index in [2.05, 4.69) is 5.32 Å². The van der Waals surface area contributed by atoms with E-state index >= 15 is 0 Å². The molecule has 0 unspecified atom stereocenters. The number of rotatable bonds is 2. The van der Waals surface area contributed by atoms with E-state index in [1.807, 2.05) is 32.0 Å². The second-order valence-corrected chi connectivity index (χ2v) is 4.71. The molecule has 0 atom stereocenters. The van der Waals surface area contributed by atoms with E-state index in [4.69, 9.17) is 4.74 Å². The minimum absolute atomic E-state index is 0.0527. The molecule has 0 radical (unpaired) electrons. The zero-order chi connectivity index (χ0) is 12.3. The fraction of sp³-hybridized carbons (Fsp3) is 0.500. The molecule has 0 aromatic heterocycles. The molecule has 1 fully saturated rings. The monoisotopic (exact) mass is 233 g/mol. The van der Waals surface area contributed by atoms with Gasteiger partial charge in [-0.3, -0.25) is 4.79 Å². The number of esters is 1. The minimum atomic E-state index is -0.0848. The van der Waals surface area contributed by atoms with Crippen LogP contribution in [0.15, 0.2) is 18.2 Å². The average molecular weight is 233 g/mol. The van der Waals surface area contributed by atoms with Gasteiger partial charge in [-0.1, -0.05) is 17.7 Å². The molecule has 1 aliphatic rings. The van der Waals surface area contributed by atoms with Crippen molar-refractivity contribution in [2.75, 3.05) is 13.1 Å². The molecule has 0 aliphatic carbocycles. The Morgan fingerprint density at radius 3 is 2.65 bits per heavy atom. The first-order valence-electron chi connectivity index (χ1n) is 6.16. The van der Waals surface area contributed by atoms with Crippen LogP contribution in [0.2, 0.25) is 0 Å². The molecule has 1 aliphatic heterocycles. The molecule has 1 aromatic carbocycles. The van der Waals surface area contributed by atoms with Crippen LogP contribution >= 0.6 is 0 Å². The van der Waals surface area contributed by atoms with Crippen molar-refractivity contribution >= 4 is 5.97 Å². The Morgan fingerprint density at radius 2 is 2.00 bits per heavy atom. The fourth-order valence-corrected chi connectivity index (χ4v) is 2.16. The Morgan fingerprint density at radius 1 is 1.29 bits per heavy atom. The van der Waals surface area contributed by atoms with Crippen LogP contribution in [0.3, 0.4) is 0 Å². The van der Waals surface area contributed by atoms with Gasteiger partial charge in [0.1, 0.15) is 5.75 Å². The van der Waals surface area contributed by atoms with Crippen molar-refractivity contribution in [2.45, 2.75) is 26.7 Å². The quantitative estimate of drug-likeness (QED) is 0.628. The van der Waals surface area contributed by atoms with Gasteiger partial charge >= 0.3 is 5.97 Å². The van der Waals surface area contributed by atoms with Crippen LogP contribution < -0.4 is 10.1 Å². The number of carbonyl (C=O) groups excluding carboxylic acids is 1. The summed E-state index contributed by atoms with van der Waals surface area (Å²) < 4.78 is 5.47. The first-order valence-corrected chi connectivity index (χ1v) is 6.16. The molecule has 2 rings (SSSR count). The normalized spacial score (nSPS) is 16.8. The number of ether oxygens (including phenoxy) is 1. The number of piperidine rings is 1. The highest BCUT2D eigenvalue weighted by molar-refractivity contribution is 5.75. The first-order chi connectivity index (χ1) is 8.16. The Hall–Kier alpha value is -1.35. The summed E-state index contributed by atoms with van der Waals surface area (Å²) in [6.45, 7) is 5.82. The van der Waals surface area contributed by atoms with Crippen molar-refractivity contribution in [1.29, 1.82) is 0 Å². The Bertz CT molecular complexity index is 409. The summed E-state index contributed by atoms with van der Waals surface area (Å²) in [4.78, 5) is 12.0. The SMILES string of the molecule is Cc1ccc(OC(=O)C2CCNCC2)c(C)c1. The average Bonchev–Trinajstić information content (AvgIpc) is 2.34. The Kier molecular flexibility index (Phi) is 3.79. The van der Waals surface area contributed by atoms with Gasteiger partial charge in [-0.05, 0) is 51.4 Å². The van der Waals surface area contributed by atoms with E-state index in [0.29, 0.717) is 5.75 Å². The summed E-state index contributed by atoms with van der Waals surface area (Å²) >= 11 is 0. The second-order valence-electron chi connectivity index (χ2n) is 4.71. The van der Waals surface area contributed by atoms with Gasteiger partial charge in [-0.2, -0.15) is 0 Å². The number of carbonyl (C=O) groups is 1.